The van der Waals surface area contributed by atoms with E-state index in [9.17, 15) is 40.9 Å². The van der Waals surface area contributed by atoms with Gasteiger partial charge in [0.1, 0.15) is 12.1 Å². The van der Waals surface area contributed by atoms with Gasteiger partial charge in [0, 0.05) is 31.0 Å². The summed E-state index contributed by atoms with van der Waals surface area (Å²) in [5, 5.41) is 17.6. The normalized spacial score (nSPS) is 24.5. The van der Waals surface area contributed by atoms with Gasteiger partial charge in [-0.25, -0.2) is 17.5 Å². The number of aliphatic hydroxyl groups excluding tert-OH is 1. The van der Waals surface area contributed by atoms with Gasteiger partial charge in [0.25, 0.3) is 10.1 Å². The van der Waals surface area contributed by atoms with Crippen molar-refractivity contribution in [3.05, 3.63) is 0 Å². The molecule has 14 nitrogen and oxygen atoms in total. The van der Waals surface area contributed by atoms with Crippen molar-refractivity contribution in [3.63, 3.8) is 0 Å². The first kappa shape index (κ1) is 29.5. The van der Waals surface area contributed by atoms with Crippen LogP contribution in [-0.2, 0) is 34.5 Å². The van der Waals surface area contributed by atoms with E-state index in [0.717, 1.165) is 6.26 Å². The van der Waals surface area contributed by atoms with Crippen molar-refractivity contribution in [1.82, 2.24) is 20.3 Å². The molecule has 16 heteroatoms. The van der Waals surface area contributed by atoms with Crippen molar-refractivity contribution in [2.75, 3.05) is 25.9 Å². The molecular weight excluding hydrogens is 532 g/mol. The minimum atomic E-state index is -4.96. The second kappa shape index (κ2) is 11.0. The first-order valence-corrected chi connectivity index (χ1v) is 15.5. The molecule has 1 unspecified atom stereocenters. The highest BCUT2D eigenvalue weighted by Crippen LogP contribution is 2.50. The predicted molar refractivity (Wildman–Crippen MR) is 130 cm³/mol. The topological polar surface area (TPSA) is 209 Å². The van der Waals surface area contributed by atoms with Gasteiger partial charge in [-0.15, -0.1) is 0 Å². The maximum absolute atomic E-state index is 13.0. The molecule has 1 saturated carbocycles. The highest BCUT2D eigenvalue weighted by Gasteiger charge is 2.56. The Kier molecular flexibility index (Phi) is 8.78. The van der Waals surface area contributed by atoms with Crippen molar-refractivity contribution < 1.29 is 45.6 Å². The molecule has 3 fully saturated rings. The smallest absolute Gasteiger partial charge is 0.408 e. The molecule has 0 radical (unpaired) electrons. The average molecular weight is 569 g/mol. The van der Waals surface area contributed by atoms with E-state index in [4.69, 9.17) is 4.74 Å². The van der Waals surface area contributed by atoms with Gasteiger partial charge < -0.3 is 25.8 Å². The molecule has 1 aliphatic carbocycles. The fourth-order valence-electron chi connectivity index (χ4n) is 5.13. The maximum atomic E-state index is 13.0. The van der Waals surface area contributed by atoms with Crippen LogP contribution in [0.5, 0.6) is 0 Å². The van der Waals surface area contributed by atoms with Gasteiger partial charge in [-0.1, -0.05) is 13.8 Å². The van der Waals surface area contributed by atoms with Crippen LogP contribution in [0.3, 0.4) is 0 Å². The van der Waals surface area contributed by atoms with Crippen LogP contribution in [-0.4, -0.2) is 98.2 Å². The molecule has 3 rings (SSSR count). The lowest BCUT2D eigenvalue weighted by Gasteiger charge is -2.57. The number of hydrogen-bond donors (Lipinski definition) is 5. The summed E-state index contributed by atoms with van der Waals surface area (Å²) in [6.07, 6.45) is 1.15. The summed E-state index contributed by atoms with van der Waals surface area (Å²) in [7, 11) is -8.21. The van der Waals surface area contributed by atoms with E-state index in [0.29, 0.717) is 38.9 Å². The largest absolute Gasteiger partial charge is 0.446 e. The molecule has 2 aliphatic heterocycles. The quantitative estimate of drug-likeness (QED) is 0.187. The van der Waals surface area contributed by atoms with Crippen LogP contribution in [0.4, 0.5) is 4.79 Å². The Bertz CT molecular complexity index is 1100. The van der Waals surface area contributed by atoms with E-state index >= 15 is 0 Å². The van der Waals surface area contributed by atoms with Gasteiger partial charge in [0.15, 0.2) is 0 Å². The number of aliphatic hydroxyl groups is 1. The minimum absolute atomic E-state index is 0.0643. The number of nitrogens with zero attached hydrogens (tertiary/aromatic N) is 1. The average Bonchev–Trinajstić information content (AvgIpc) is 3.09. The first-order valence-electron chi connectivity index (χ1n) is 12.1. The van der Waals surface area contributed by atoms with Crippen molar-refractivity contribution in [1.29, 1.82) is 0 Å². The van der Waals surface area contributed by atoms with E-state index in [-0.39, 0.29) is 30.1 Å². The molecule has 2 saturated heterocycles. The van der Waals surface area contributed by atoms with Crippen LogP contribution in [0.2, 0.25) is 0 Å². The van der Waals surface area contributed by atoms with Crippen LogP contribution < -0.4 is 16.0 Å². The molecule has 1 spiro atoms. The summed E-state index contributed by atoms with van der Waals surface area (Å²) < 4.78 is 62.4. The van der Waals surface area contributed by atoms with Crippen molar-refractivity contribution in [3.8, 4) is 0 Å². The summed E-state index contributed by atoms with van der Waals surface area (Å²) >= 11 is 0. The van der Waals surface area contributed by atoms with Gasteiger partial charge in [-0.05, 0) is 38.0 Å². The van der Waals surface area contributed by atoms with E-state index < -0.39 is 61.7 Å². The first-order chi connectivity index (χ1) is 17.0. The standard InChI is InChI=1S/C21H36N4O10S2/c1-12(2)6-15(24-20(29)35-14-8-21(9-14)10-25(11-21)36(3,30)31)18(27)23-16(19(28)37(32,33)34)7-13-4-5-22-17(13)26/h12-16,19,28H,4-11H2,1-3H3,(H,22,26)(H,23,27)(H,24,29)(H,32,33,34)/t13-,15+,16+,19?/m1/s1. The third kappa shape index (κ3) is 7.52. The van der Waals surface area contributed by atoms with Gasteiger partial charge in [-0.3, -0.25) is 14.1 Å². The lowest BCUT2D eigenvalue weighted by atomic mass is 9.63. The molecule has 0 aromatic rings. The Balaban J connectivity index is 1.58. The van der Waals surface area contributed by atoms with Crippen LogP contribution in [0.15, 0.2) is 0 Å². The lowest BCUT2D eigenvalue weighted by molar-refractivity contribution is -0.127. The van der Waals surface area contributed by atoms with Gasteiger partial charge in [-0.2, -0.15) is 8.42 Å². The number of rotatable bonds is 11. The highest BCUT2D eigenvalue weighted by molar-refractivity contribution is 7.88. The molecule has 0 aromatic carbocycles. The van der Waals surface area contributed by atoms with Crippen molar-refractivity contribution >= 4 is 38.0 Å². The number of amides is 3. The minimum Gasteiger partial charge on any atom is -0.446 e. The fourth-order valence-corrected chi connectivity index (χ4v) is 6.74. The van der Waals surface area contributed by atoms with Gasteiger partial charge >= 0.3 is 6.09 Å². The molecule has 37 heavy (non-hydrogen) atoms. The summed E-state index contributed by atoms with van der Waals surface area (Å²) in [5.74, 6) is -1.89. The number of ether oxygens (including phenoxy) is 1. The van der Waals surface area contributed by atoms with E-state index in [1.807, 2.05) is 0 Å². The molecule has 3 amide bonds. The monoisotopic (exact) mass is 568 g/mol. The lowest BCUT2D eigenvalue weighted by Crippen LogP contribution is -2.65. The molecule has 0 aromatic heterocycles. The molecule has 5 N–H and O–H groups in total. The Morgan fingerprint density at radius 2 is 1.81 bits per heavy atom. The summed E-state index contributed by atoms with van der Waals surface area (Å²) in [6.45, 7) is 4.73. The zero-order valence-electron chi connectivity index (χ0n) is 21.0. The SMILES string of the molecule is CC(C)C[C@H](NC(=O)OC1CC2(C1)CN(S(C)(=O)=O)C2)C(=O)N[C@@H](C[C@H]1CCNC1=O)C(O)S(=O)(=O)O. The van der Waals surface area contributed by atoms with E-state index in [1.54, 1.807) is 13.8 Å². The number of carbonyl (C=O) groups is 3. The third-order valence-corrected chi connectivity index (χ3v) is 9.22. The number of nitrogens with one attached hydrogen (secondary N) is 3. The highest BCUT2D eigenvalue weighted by atomic mass is 32.2. The zero-order chi connectivity index (χ0) is 27.8. The van der Waals surface area contributed by atoms with Gasteiger partial charge in [0.2, 0.25) is 27.3 Å². The number of alkyl carbamates (subject to hydrolysis) is 1. The molecule has 4 atom stereocenters. The van der Waals surface area contributed by atoms with E-state index in [2.05, 4.69) is 16.0 Å². The molecule has 212 valence electrons. The predicted octanol–water partition coefficient (Wildman–Crippen LogP) is -1.23. The van der Waals surface area contributed by atoms with Gasteiger partial charge in [0.05, 0.1) is 12.3 Å². The van der Waals surface area contributed by atoms with Crippen LogP contribution in [0.1, 0.15) is 46.0 Å². The van der Waals surface area contributed by atoms with Crippen molar-refractivity contribution in [2.24, 2.45) is 17.3 Å². The summed E-state index contributed by atoms with van der Waals surface area (Å²) in [5.41, 5.74) is -2.56. The molecule has 3 aliphatic rings. The number of carbonyl (C=O) groups excluding carboxylic acids is 3. The van der Waals surface area contributed by atoms with E-state index in [1.165, 1.54) is 4.31 Å². The second-order valence-electron chi connectivity index (χ2n) is 10.8. The van der Waals surface area contributed by atoms with Crippen LogP contribution >= 0.6 is 0 Å². The Labute approximate surface area is 216 Å². The summed E-state index contributed by atoms with van der Waals surface area (Å²) in [4.78, 5) is 37.5. The fraction of sp³-hybridized carbons (Fsp3) is 0.857. The molecule has 0 bridgehead atoms. The number of hydrogen-bond acceptors (Lipinski definition) is 9. The molecular formula is C21H36N4O10S2. The zero-order valence-corrected chi connectivity index (χ0v) is 22.7. The summed E-state index contributed by atoms with van der Waals surface area (Å²) in [6, 6.07) is -2.63. The Hall–Kier alpha value is -2.01. The Morgan fingerprint density at radius 3 is 2.30 bits per heavy atom. The molecule has 2 heterocycles. The maximum Gasteiger partial charge on any atom is 0.408 e. The Morgan fingerprint density at radius 1 is 1.19 bits per heavy atom. The second-order valence-corrected chi connectivity index (χ2v) is 14.3. The van der Waals surface area contributed by atoms with Crippen molar-refractivity contribution in [2.45, 2.75) is 69.6 Å². The van der Waals surface area contributed by atoms with Crippen LogP contribution in [0, 0.1) is 17.3 Å². The van der Waals surface area contributed by atoms with Crippen LogP contribution in [0.25, 0.3) is 0 Å². The number of sulfonamides is 1. The third-order valence-electron chi connectivity index (χ3n) is 7.08.